The van der Waals surface area contributed by atoms with Crippen LogP contribution in [0, 0.1) is 0 Å². The number of imide groups is 1. The lowest BCUT2D eigenvalue weighted by molar-refractivity contribution is 0.0696. The van der Waals surface area contributed by atoms with Crippen molar-refractivity contribution in [1.82, 2.24) is 0 Å². The molecule has 3 aromatic rings. The summed E-state index contributed by atoms with van der Waals surface area (Å²) in [5, 5.41) is 9.00. The van der Waals surface area contributed by atoms with E-state index in [4.69, 9.17) is 5.11 Å². The predicted octanol–water partition coefficient (Wildman–Crippen LogP) is 3.85. The Labute approximate surface area is 149 Å². The zero-order chi connectivity index (χ0) is 18.3. The summed E-state index contributed by atoms with van der Waals surface area (Å²) in [4.78, 5) is 37.4. The molecule has 126 valence electrons. The lowest BCUT2D eigenvalue weighted by atomic mass is 10.0. The van der Waals surface area contributed by atoms with Gasteiger partial charge in [0.1, 0.15) is 0 Å². The van der Waals surface area contributed by atoms with E-state index < -0.39 is 5.97 Å². The molecule has 0 saturated carbocycles. The molecule has 5 nitrogen and oxygen atoms in total. The number of aromatic carboxylic acids is 1. The first-order valence-electron chi connectivity index (χ1n) is 7.98. The van der Waals surface area contributed by atoms with Gasteiger partial charge in [-0.2, -0.15) is 0 Å². The molecule has 0 bridgehead atoms. The average molecular weight is 343 g/mol. The molecule has 0 aliphatic carbocycles. The quantitative estimate of drug-likeness (QED) is 0.733. The van der Waals surface area contributed by atoms with E-state index in [1.54, 1.807) is 54.6 Å². The van der Waals surface area contributed by atoms with Gasteiger partial charge in [0.25, 0.3) is 11.8 Å². The molecule has 2 amide bonds. The summed E-state index contributed by atoms with van der Waals surface area (Å²) in [6, 6.07) is 20.2. The van der Waals surface area contributed by atoms with Crippen LogP contribution in [0.2, 0.25) is 0 Å². The summed E-state index contributed by atoms with van der Waals surface area (Å²) in [7, 11) is 0. The van der Waals surface area contributed by atoms with Gasteiger partial charge in [0.15, 0.2) is 0 Å². The summed E-state index contributed by atoms with van der Waals surface area (Å²) >= 11 is 0. The number of amides is 2. The van der Waals surface area contributed by atoms with Crippen molar-refractivity contribution in [2.75, 3.05) is 4.90 Å². The Morgan fingerprint density at radius 2 is 1.35 bits per heavy atom. The lowest BCUT2D eigenvalue weighted by Crippen LogP contribution is -2.29. The van der Waals surface area contributed by atoms with Gasteiger partial charge in [-0.3, -0.25) is 9.59 Å². The van der Waals surface area contributed by atoms with E-state index in [-0.39, 0.29) is 17.4 Å². The second-order valence-electron chi connectivity index (χ2n) is 5.92. The first kappa shape index (κ1) is 15.8. The third-order valence-corrected chi connectivity index (χ3v) is 4.36. The molecule has 1 N–H and O–H groups in total. The summed E-state index contributed by atoms with van der Waals surface area (Å²) in [5.41, 5.74) is 3.06. The van der Waals surface area contributed by atoms with Crippen molar-refractivity contribution in [3.63, 3.8) is 0 Å². The Hall–Kier alpha value is -3.73. The minimum atomic E-state index is -0.990. The van der Waals surface area contributed by atoms with Crippen LogP contribution < -0.4 is 4.90 Å². The minimum absolute atomic E-state index is 0.199. The number of carbonyl (C=O) groups excluding carboxylic acids is 2. The number of nitrogens with zero attached hydrogens (tertiary/aromatic N) is 1. The normalized spacial score (nSPS) is 13.0. The van der Waals surface area contributed by atoms with Crippen molar-refractivity contribution < 1.29 is 19.5 Å². The highest BCUT2D eigenvalue weighted by atomic mass is 16.4. The molecule has 1 heterocycles. The van der Waals surface area contributed by atoms with Crippen LogP contribution >= 0.6 is 0 Å². The molecule has 0 atom stereocenters. The van der Waals surface area contributed by atoms with E-state index in [2.05, 4.69) is 0 Å². The number of hydrogen-bond donors (Lipinski definition) is 1. The van der Waals surface area contributed by atoms with Gasteiger partial charge < -0.3 is 5.11 Å². The van der Waals surface area contributed by atoms with Crippen LogP contribution in [-0.4, -0.2) is 22.9 Å². The highest BCUT2D eigenvalue weighted by Gasteiger charge is 2.36. The van der Waals surface area contributed by atoms with Gasteiger partial charge in [-0.15, -0.1) is 0 Å². The molecule has 0 saturated heterocycles. The lowest BCUT2D eigenvalue weighted by Gasteiger charge is -2.15. The monoisotopic (exact) mass is 343 g/mol. The van der Waals surface area contributed by atoms with Gasteiger partial charge in [0.05, 0.1) is 22.4 Å². The van der Waals surface area contributed by atoms with Crippen LogP contribution in [-0.2, 0) is 0 Å². The molecule has 0 aromatic heterocycles. The summed E-state index contributed by atoms with van der Waals surface area (Å²) in [5.74, 6) is -1.68. The van der Waals surface area contributed by atoms with E-state index in [0.717, 1.165) is 11.1 Å². The van der Waals surface area contributed by atoms with Crippen molar-refractivity contribution >= 4 is 23.5 Å². The molecular formula is C21H13NO4. The zero-order valence-corrected chi connectivity index (χ0v) is 13.5. The molecule has 1 aliphatic heterocycles. The highest BCUT2D eigenvalue weighted by molar-refractivity contribution is 6.34. The molecule has 0 spiro atoms. The molecular weight excluding hydrogens is 330 g/mol. The van der Waals surface area contributed by atoms with Crippen molar-refractivity contribution in [2.45, 2.75) is 0 Å². The molecule has 0 fully saturated rings. The summed E-state index contributed by atoms with van der Waals surface area (Å²) in [6.07, 6.45) is 0. The third-order valence-electron chi connectivity index (χ3n) is 4.36. The number of carboxylic acids is 1. The van der Waals surface area contributed by atoms with Crippen LogP contribution in [0.15, 0.2) is 72.8 Å². The Morgan fingerprint density at radius 3 is 1.92 bits per heavy atom. The number of fused-ring (bicyclic) bond motifs is 1. The molecule has 0 unspecified atom stereocenters. The number of benzene rings is 3. The van der Waals surface area contributed by atoms with Gasteiger partial charge in [-0.1, -0.05) is 36.4 Å². The third kappa shape index (κ3) is 2.46. The Morgan fingerprint density at radius 1 is 0.731 bits per heavy atom. The van der Waals surface area contributed by atoms with Gasteiger partial charge in [0, 0.05) is 0 Å². The van der Waals surface area contributed by atoms with Crippen LogP contribution in [0.25, 0.3) is 11.1 Å². The maximum Gasteiger partial charge on any atom is 0.335 e. The standard InChI is InChI=1S/C21H13NO4/c23-19-17-6-1-2-7-18(17)20(24)22(19)16-5-3-4-15(12-16)13-8-10-14(11-9-13)21(25)26/h1-12H,(H,25,26). The maximum absolute atomic E-state index is 12.6. The minimum Gasteiger partial charge on any atom is -0.478 e. The second-order valence-corrected chi connectivity index (χ2v) is 5.92. The van der Waals surface area contributed by atoms with E-state index in [0.29, 0.717) is 16.8 Å². The van der Waals surface area contributed by atoms with Crippen molar-refractivity contribution in [2.24, 2.45) is 0 Å². The Balaban J connectivity index is 1.72. The molecule has 26 heavy (non-hydrogen) atoms. The number of carbonyl (C=O) groups is 3. The number of anilines is 1. The van der Waals surface area contributed by atoms with Gasteiger partial charge in [-0.25, -0.2) is 9.69 Å². The van der Waals surface area contributed by atoms with Crippen molar-refractivity contribution in [3.05, 3.63) is 89.5 Å². The van der Waals surface area contributed by atoms with E-state index in [1.165, 1.54) is 17.0 Å². The van der Waals surface area contributed by atoms with Gasteiger partial charge in [0.2, 0.25) is 0 Å². The second kappa shape index (κ2) is 5.97. The average Bonchev–Trinajstić information content (AvgIpc) is 2.93. The molecule has 5 heteroatoms. The number of rotatable bonds is 3. The smallest absolute Gasteiger partial charge is 0.335 e. The fourth-order valence-electron chi connectivity index (χ4n) is 3.05. The Kier molecular flexibility index (Phi) is 3.62. The summed E-state index contributed by atoms with van der Waals surface area (Å²) in [6.45, 7) is 0. The van der Waals surface area contributed by atoms with Crippen molar-refractivity contribution in [3.8, 4) is 11.1 Å². The Bertz CT molecular complexity index is 1020. The fourth-order valence-corrected chi connectivity index (χ4v) is 3.05. The first-order chi connectivity index (χ1) is 12.6. The van der Waals surface area contributed by atoms with Crippen LogP contribution in [0.5, 0.6) is 0 Å². The van der Waals surface area contributed by atoms with Crippen LogP contribution in [0.4, 0.5) is 5.69 Å². The summed E-state index contributed by atoms with van der Waals surface area (Å²) < 4.78 is 0. The zero-order valence-electron chi connectivity index (χ0n) is 13.5. The van der Waals surface area contributed by atoms with E-state index in [9.17, 15) is 14.4 Å². The van der Waals surface area contributed by atoms with Crippen LogP contribution in [0.3, 0.4) is 0 Å². The van der Waals surface area contributed by atoms with Gasteiger partial charge >= 0.3 is 5.97 Å². The van der Waals surface area contributed by atoms with Crippen LogP contribution in [0.1, 0.15) is 31.1 Å². The molecule has 3 aromatic carbocycles. The molecule has 4 rings (SSSR count). The SMILES string of the molecule is O=C(O)c1ccc(-c2cccc(N3C(=O)c4ccccc4C3=O)c2)cc1. The predicted molar refractivity (Wildman–Crippen MR) is 96.4 cm³/mol. The van der Waals surface area contributed by atoms with E-state index in [1.807, 2.05) is 6.07 Å². The molecule has 0 radical (unpaired) electrons. The van der Waals surface area contributed by atoms with Gasteiger partial charge in [-0.05, 0) is 47.5 Å². The van der Waals surface area contributed by atoms with Crippen molar-refractivity contribution in [1.29, 1.82) is 0 Å². The topological polar surface area (TPSA) is 74.7 Å². The first-order valence-corrected chi connectivity index (χ1v) is 7.98. The largest absolute Gasteiger partial charge is 0.478 e. The fraction of sp³-hybridized carbons (Fsp3) is 0. The number of carboxylic acid groups (broad SMARTS) is 1. The maximum atomic E-state index is 12.6. The number of hydrogen-bond acceptors (Lipinski definition) is 3. The molecule has 1 aliphatic rings. The van der Waals surface area contributed by atoms with E-state index >= 15 is 0 Å². The highest BCUT2D eigenvalue weighted by Crippen LogP contribution is 2.31.